The lowest BCUT2D eigenvalue weighted by Crippen LogP contribution is -2.43. The predicted octanol–water partition coefficient (Wildman–Crippen LogP) is 0.378. The fourth-order valence-electron chi connectivity index (χ4n) is 3.19. The lowest BCUT2D eigenvalue weighted by atomic mass is 9.90. The van der Waals surface area contributed by atoms with Gasteiger partial charge in [-0.05, 0) is 30.0 Å². The minimum Gasteiger partial charge on any atom is -0.394 e. The zero-order valence-corrected chi connectivity index (χ0v) is 15.5. The zero-order chi connectivity index (χ0) is 20.9. The van der Waals surface area contributed by atoms with Gasteiger partial charge in [0, 0.05) is 12.2 Å². The SMILES string of the molecule is C=S(C)(=O)Nn1c(=O)[nH]c2cc(C(F)(F)F)c([C@H]3CO[C@@H](CO)C3)cc2c1=O. The number of nitrogens with one attached hydrogen (secondary N) is 2. The van der Waals surface area contributed by atoms with E-state index in [0.717, 1.165) is 12.3 Å². The van der Waals surface area contributed by atoms with Crippen molar-refractivity contribution in [2.75, 3.05) is 24.3 Å². The molecular weight excluding hydrogens is 403 g/mol. The Bertz CT molecular complexity index is 1140. The van der Waals surface area contributed by atoms with Gasteiger partial charge in [-0.25, -0.2) is 13.8 Å². The van der Waals surface area contributed by atoms with Crippen molar-refractivity contribution in [3.8, 4) is 0 Å². The molecule has 1 aromatic heterocycles. The first-order valence-corrected chi connectivity index (χ1v) is 10.3. The second-order valence-corrected chi connectivity index (χ2v) is 8.91. The van der Waals surface area contributed by atoms with Crippen LogP contribution in [0.2, 0.25) is 0 Å². The number of halogens is 3. The summed E-state index contributed by atoms with van der Waals surface area (Å²) in [6.45, 7) is -0.374. The third kappa shape index (κ3) is 3.93. The van der Waals surface area contributed by atoms with Gasteiger partial charge in [0.1, 0.15) is 0 Å². The Kier molecular flexibility index (Phi) is 5.06. The van der Waals surface area contributed by atoms with Crippen LogP contribution in [0.15, 0.2) is 21.7 Å². The van der Waals surface area contributed by atoms with Crippen LogP contribution in [0.5, 0.6) is 0 Å². The lowest BCUT2D eigenvalue weighted by molar-refractivity contribution is -0.138. The number of aliphatic hydroxyl groups excluding tert-OH is 1. The molecule has 0 saturated carbocycles. The van der Waals surface area contributed by atoms with Crippen LogP contribution in [0.25, 0.3) is 10.9 Å². The number of H-pyrrole nitrogens is 1. The molecule has 0 amide bonds. The highest BCUT2D eigenvalue weighted by Crippen LogP contribution is 2.40. The Morgan fingerprint density at radius 2 is 2.11 bits per heavy atom. The van der Waals surface area contributed by atoms with Crippen LogP contribution in [0.1, 0.15) is 23.5 Å². The number of benzene rings is 1. The number of fused-ring (bicyclic) bond motifs is 1. The van der Waals surface area contributed by atoms with Gasteiger partial charge < -0.3 is 14.8 Å². The van der Waals surface area contributed by atoms with Crippen molar-refractivity contribution in [3.63, 3.8) is 0 Å². The van der Waals surface area contributed by atoms with Crippen molar-refractivity contribution < 1.29 is 27.2 Å². The molecule has 2 heterocycles. The Balaban J connectivity index is 2.26. The standard InChI is InChI=1S/C16H18F3N3O5S/c1-28(2,26)21-22-14(24)11-4-10(8-3-9(6-23)27-7-8)12(16(17,18)19)5-13(11)20-15(22)25/h4-5,8-9,23H,1,3,6-7H2,2H3,(H,20,25)(H,21,26)/t8-,9-,28?/m1/s1. The molecule has 1 aliphatic rings. The van der Waals surface area contributed by atoms with Gasteiger partial charge in [-0.1, -0.05) is 0 Å². The topological polar surface area (TPSA) is 113 Å². The van der Waals surface area contributed by atoms with Crippen molar-refractivity contribution in [3.05, 3.63) is 44.1 Å². The van der Waals surface area contributed by atoms with Gasteiger partial charge in [0.05, 0.1) is 45.5 Å². The first-order chi connectivity index (χ1) is 12.9. The fraction of sp³-hybridized carbons (Fsp3) is 0.438. The molecule has 0 spiro atoms. The van der Waals surface area contributed by atoms with Crippen LogP contribution in [0.3, 0.4) is 0 Å². The van der Waals surface area contributed by atoms with Gasteiger partial charge in [-0.3, -0.25) is 4.79 Å². The van der Waals surface area contributed by atoms with Gasteiger partial charge in [0.15, 0.2) is 0 Å². The van der Waals surface area contributed by atoms with E-state index in [4.69, 9.17) is 9.84 Å². The van der Waals surface area contributed by atoms with Crippen LogP contribution in [0.4, 0.5) is 13.2 Å². The van der Waals surface area contributed by atoms with Crippen LogP contribution in [-0.4, -0.2) is 50.4 Å². The van der Waals surface area contributed by atoms with Gasteiger partial charge in [0.2, 0.25) is 0 Å². The van der Waals surface area contributed by atoms with E-state index >= 15 is 0 Å². The summed E-state index contributed by atoms with van der Waals surface area (Å²) < 4.78 is 58.3. The number of aromatic nitrogens is 2. The molecule has 3 atom stereocenters. The van der Waals surface area contributed by atoms with Crippen molar-refractivity contribution in [2.45, 2.75) is 24.6 Å². The largest absolute Gasteiger partial charge is 0.416 e. The van der Waals surface area contributed by atoms with Crippen molar-refractivity contribution in [1.29, 1.82) is 0 Å². The highest BCUT2D eigenvalue weighted by atomic mass is 32.2. The fourth-order valence-corrected chi connectivity index (χ4v) is 3.74. The summed E-state index contributed by atoms with van der Waals surface area (Å²) in [4.78, 5) is 29.1. The number of alkyl halides is 3. The average Bonchev–Trinajstić information content (AvgIpc) is 3.05. The molecule has 1 unspecified atom stereocenters. The molecule has 1 saturated heterocycles. The van der Waals surface area contributed by atoms with Crippen LogP contribution in [0, 0.1) is 0 Å². The molecule has 3 rings (SSSR count). The number of hydrogen-bond acceptors (Lipinski definition) is 5. The summed E-state index contributed by atoms with van der Waals surface area (Å²) in [6.07, 6.45) is -4.00. The third-order valence-electron chi connectivity index (χ3n) is 4.38. The van der Waals surface area contributed by atoms with Crippen molar-refractivity contribution >= 4 is 26.5 Å². The Morgan fingerprint density at radius 3 is 2.64 bits per heavy atom. The summed E-state index contributed by atoms with van der Waals surface area (Å²) in [7, 11) is -2.99. The molecule has 0 bridgehead atoms. The van der Waals surface area contributed by atoms with Crippen LogP contribution >= 0.6 is 0 Å². The molecular formula is C16H18F3N3O5S. The molecule has 154 valence electrons. The van der Waals surface area contributed by atoms with Crippen molar-refractivity contribution in [1.82, 2.24) is 9.66 Å². The van der Waals surface area contributed by atoms with Gasteiger partial charge in [-0.2, -0.15) is 17.8 Å². The molecule has 1 aromatic carbocycles. The van der Waals surface area contributed by atoms with Crippen LogP contribution < -0.4 is 16.1 Å². The Labute approximate surface area is 157 Å². The number of aromatic amines is 1. The molecule has 0 aliphatic carbocycles. The quantitative estimate of drug-likeness (QED) is 0.618. The maximum absolute atomic E-state index is 13.6. The van der Waals surface area contributed by atoms with E-state index < -0.39 is 44.7 Å². The molecule has 3 N–H and O–H groups in total. The normalized spacial score (nSPS) is 22.3. The summed E-state index contributed by atoms with van der Waals surface area (Å²) in [5.41, 5.74) is -3.48. The van der Waals surface area contributed by atoms with Crippen molar-refractivity contribution in [2.24, 2.45) is 0 Å². The summed E-state index contributed by atoms with van der Waals surface area (Å²) >= 11 is 0. The molecule has 2 aromatic rings. The number of rotatable bonds is 4. The van der Waals surface area contributed by atoms with Gasteiger partial charge in [0.25, 0.3) is 5.56 Å². The molecule has 8 nitrogen and oxygen atoms in total. The van der Waals surface area contributed by atoms with E-state index in [-0.39, 0.29) is 36.1 Å². The molecule has 1 fully saturated rings. The van der Waals surface area contributed by atoms with Crippen LogP contribution in [-0.2, 0) is 20.6 Å². The highest BCUT2D eigenvalue weighted by molar-refractivity contribution is 8.00. The minimum atomic E-state index is -4.73. The smallest absolute Gasteiger partial charge is 0.394 e. The number of hydrogen-bond donors (Lipinski definition) is 3. The van der Waals surface area contributed by atoms with E-state index in [1.807, 2.05) is 0 Å². The molecule has 1 aliphatic heterocycles. The maximum Gasteiger partial charge on any atom is 0.416 e. The Hall–Kier alpha value is -2.31. The molecule has 0 radical (unpaired) electrons. The number of ether oxygens (including phenoxy) is 1. The lowest BCUT2D eigenvalue weighted by Gasteiger charge is -2.18. The third-order valence-corrected chi connectivity index (χ3v) is 4.95. The highest BCUT2D eigenvalue weighted by Gasteiger charge is 2.38. The number of aliphatic hydroxyl groups is 1. The van der Waals surface area contributed by atoms with Gasteiger partial charge >= 0.3 is 11.9 Å². The van der Waals surface area contributed by atoms with E-state index in [1.165, 1.54) is 0 Å². The Morgan fingerprint density at radius 1 is 1.43 bits per heavy atom. The van der Waals surface area contributed by atoms with E-state index in [0.29, 0.717) is 10.7 Å². The minimum absolute atomic E-state index is 0.0444. The first kappa shape index (κ1) is 20.4. The second kappa shape index (κ2) is 6.94. The average molecular weight is 421 g/mol. The second-order valence-electron chi connectivity index (χ2n) is 6.72. The first-order valence-electron chi connectivity index (χ1n) is 8.13. The maximum atomic E-state index is 13.6. The summed E-state index contributed by atoms with van der Waals surface area (Å²) in [5.74, 6) is 2.60. The monoisotopic (exact) mass is 421 g/mol. The zero-order valence-electron chi connectivity index (χ0n) is 14.7. The summed E-state index contributed by atoms with van der Waals surface area (Å²) in [6, 6.07) is 1.76. The molecule has 12 heteroatoms. The van der Waals surface area contributed by atoms with E-state index in [2.05, 4.69) is 15.7 Å². The van der Waals surface area contributed by atoms with E-state index in [9.17, 15) is 27.0 Å². The summed E-state index contributed by atoms with van der Waals surface area (Å²) in [5, 5.41) is 8.98. The van der Waals surface area contributed by atoms with E-state index in [1.54, 1.807) is 0 Å². The predicted molar refractivity (Wildman–Crippen MR) is 98.6 cm³/mol. The van der Waals surface area contributed by atoms with Gasteiger partial charge in [-0.15, -0.1) is 0 Å². The molecule has 28 heavy (non-hydrogen) atoms. The number of nitrogens with zero attached hydrogens (tertiary/aromatic N) is 1.